The number of aryl methyl sites for hydroxylation is 2. The quantitative estimate of drug-likeness (QED) is 0.383. The number of nitrogens with one attached hydrogen (secondary N) is 1. The van der Waals surface area contributed by atoms with Crippen LogP contribution in [0.15, 0.2) is 78.9 Å². The van der Waals surface area contributed by atoms with E-state index in [4.69, 9.17) is 11.6 Å². The lowest BCUT2D eigenvalue weighted by atomic mass is 10.1. The summed E-state index contributed by atoms with van der Waals surface area (Å²) in [5.41, 5.74) is 2.86. The molecule has 0 unspecified atom stereocenters. The summed E-state index contributed by atoms with van der Waals surface area (Å²) in [7, 11) is 0. The van der Waals surface area contributed by atoms with Crippen LogP contribution < -0.4 is 5.32 Å². The lowest BCUT2D eigenvalue weighted by Crippen LogP contribution is -2.19. The number of amides is 1. The van der Waals surface area contributed by atoms with E-state index in [1.807, 2.05) is 53.1 Å². The number of carbonyl (C=O) groups excluding carboxylic acids is 1. The van der Waals surface area contributed by atoms with Crippen molar-refractivity contribution in [2.45, 2.75) is 19.4 Å². The number of aromatic nitrogens is 1. The fraction of sp³-hybridized carbons (Fsp3) is 0.120. The highest BCUT2D eigenvalue weighted by atomic mass is 35.5. The van der Waals surface area contributed by atoms with Gasteiger partial charge in [-0.25, -0.2) is 4.79 Å². The summed E-state index contributed by atoms with van der Waals surface area (Å²) in [6, 6.07) is 24.3. The topological polar surface area (TPSA) is 71.3 Å². The first-order valence-electron chi connectivity index (χ1n) is 9.99. The second-order valence-electron chi connectivity index (χ2n) is 7.28. The van der Waals surface area contributed by atoms with E-state index >= 15 is 0 Å². The standard InChI is InChI=1S/C25H21ClN2O3/c26-19-12-13-21(20(16-19)25(30)31)27-24(29)23-15-18-10-4-5-11-22(18)28(23)14-6-9-17-7-2-1-3-8-17/h1-5,7-8,10-13,15-16H,6,9,14H2,(H,27,29)(H,30,31). The number of halogens is 1. The van der Waals surface area contributed by atoms with Crippen molar-refractivity contribution >= 4 is 40.1 Å². The van der Waals surface area contributed by atoms with Gasteiger partial charge in [0.05, 0.1) is 11.3 Å². The van der Waals surface area contributed by atoms with Gasteiger partial charge in [-0.2, -0.15) is 0 Å². The van der Waals surface area contributed by atoms with Gasteiger partial charge in [-0.3, -0.25) is 4.79 Å². The van der Waals surface area contributed by atoms with Crippen molar-refractivity contribution in [2.24, 2.45) is 0 Å². The fourth-order valence-corrected chi connectivity index (χ4v) is 3.89. The molecule has 4 rings (SSSR count). The van der Waals surface area contributed by atoms with E-state index in [-0.39, 0.29) is 17.2 Å². The number of hydrogen-bond acceptors (Lipinski definition) is 2. The molecule has 0 saturated heterocycles. The molecule has 0 bridgehead atoms. The van der Waals surface area contributed by atoms with Crippen LogP contribution in [-0.4, -0.2) is 21.6 Å². The molecule has 5 nitrogen and oxygen atoms in total. The van der Waals surface area contributed by atoms with Crippen LogP contribution in [0.3, 0.4) is 0 Å². The maximum atomic E-state index is 13.1. The molecule has 0 aliphatic heterocycles. The molecule has 4 aromatic rings. The summed E-state index contributed by atoms with van der Waals surface area (Å²) in [5, 5.41) is 13.5. The number of rotatable bonds is 7. The van der Waals surface area contributed by atoms with Gasteiger partial charge in [-0.1, -0.05) is 60.1 Å². The molecule has 1 amide bonds. The van der Waals surface area contributed by atoms with E-state index in [1.54, 1.807) is 6.07 Å². The molecule has 6 heteroatoms. The predicted octanol–water partition coefficient (Wildman–Crippen LogP) is 5.88. The Balaban J connectivity index is 1.62. The van der Waals surface area contributed by atoms with Gasteiger partial charge < -0.3 is 15.0 Å². The molecule has 0 fully saturated rings. The molecular weight excluding hydrogens is 412 g/mol. The number of benzene rings is 3. The zero-order valence-electron chi connectivity index (χ0n) is 16.7. The van der Waals surface area contributed by atoms with Crippen molar-refractivity contribution in [3.8, 4) is 0 Å². The summed E-state index contributed by atoms with van der Waals surface area (Å²) < 4.78 is 1.99. The first kappa shape index (κ1) is 20.7. The molecule has 0 saturated carbocycles. The Morgan fingerprint density at radius 3 is 2.45 bits per heavy atom. The highest BCUT2D eigenvalue weighted by molar-refractivity contribution is 6.31. The van der Waals surface area contributed by atoms with E-state index in [9.17, 15) is 14.7 Å². The Bertz CT molecular complexity index is 1250. The fourth-order valence-electron chi connectivity index (χ4n) is 3.71. The number of carbonyl (C=O) groups is 2. The van der Waals surface area contributed by atoms with Gasteiger partial charge in [0, 0.05) is 22.5 Å². The van der Waals surface area contributed by atoms with E-state index in [2.05, 4.69) is 17.4 Å². The van der Waals surface area contributed by atoms with Crippen LogP contribution in [0, 0.1) is 0 Å². The van der Waals surface area contributed by atoms with E-state index in [0.29, 0.717) is 17.3 Å². The molecule has 0 aliphatic rings. The number of hydrogen-bond donors (Lipinski definition) is 2. The number of nitrogens with zero attached hydrogens (tertiary/aromatic N) is 1. The summed E-state index contributed by atoms with van der Waals surface area (Å²) in [6.45, 7) is 0.664. The summed E-state index contributed by atoms with van der Waals surface area (Å²) in [4.78, 5) is 24.7. The Morgan fingerprint density at radius 1 is 0.935 bits per heavy atom. The molecular formula is C25H21ClN2O3. The molecule has 31 heavy (non-hydrogen) atoms. The van der Waals surface area contributed by atoms with Gasteiger partial charge in [0.25, 0.3) is 5.91 Å². The number of anilines is 1. The molecule has 0 atom stereocenters. The summed E-state index contributed by atoms with van der Waals surface area (Å²) >= 11 is 5.92. The molecule has 1 heterocycles. The van der Waals surface area contributed by atoms with E-state index in [1.165, 1.54) is 17.7 Å². The molecule has 156 valence electrons. The van der Waals surface area contributed by atoms with Crippen LogP contribution in [0.1, 0.15) is 32.8 Å². The average Bonchev–Trinajstić information content (AvgIpc) is 3.14. The maximum Gasteiger partial charge on any atom is 0.337 e. The van der Waals surface area contributed by atoms with Crippen LogP contribution in [0.25, 0.3) is 10.9 Å². The zero-order chi connectivity index (χ0) is 21.8. The number of aromatic carboxylic acids is 1. The highest BCUT2D eigenvalue weighted by Crippen LogP contribution is 2.24. The zero-order valence-corrected chi connectivity index (χ0v) is 17.5. The molecule has 3 aromatic carbocycles. The Morgan fingerprint density at radius 2 is 1.68 bits per heavy atom. The van der Waals surface area contributed by atoms with Crippen molar-refractivity contribution in [1.29, 1.82) is 0 Å². The van der Waals surface area contributed by atoms with Gasteiger partial charge >= 0.3 is 5.97 Å². The first-order valence-corrected chi connectivity index (χ1v) is 10.4. The van der Waals surface area contributed by atoms with Gasteiger partial charge in [-0.15, -0.1) is 0 Å². The maximum absolute atomic E-state index is 13.1. The minimum absolute atomic E-state index is 0.0485. The molecule has 0 radical (unpaired) electrons. The van der Waals surface area contributed by atoms with Crippen LogP contribution in [0.5, 0.6) is 0 Å². The van der Waals surface area contributed by atoms with Crippen molar-refractivity contribution in [3.63, 3.8) is 0 Å². The molecule has 1 aromatic heterocycles. The average molecular weight is 433 g/mol. The van der Waals surface area contributed by atoms with Gasteiger partial charge in [-0.05, 0) is 48.7 Å². The van der Waals surface area contributed by atoms with Gasteiger partial charge in [0.2, 0.25) is 0 Å². The monoisotopic (exact) mass is 432 g/mol. The molecule has 0 aliphatic carbocycles. The van der Waals surface area contributed by atoms with Crippen LogP contribution in [-0.2, 0) is 13.0 Å². The number of para-hydroxylation sites is 1. The van der Waals surface area contributed by atoms with Crippen LogP contribution in [0.4, 0.5) is 5.69 Å². The minimum atomic E-state index is -1.15. The Labute approximate surface area is 184 Å². The number of fused-ring (bicyclic) bond motifs is 1. The first-order chi connectivity index (χ1) is 15.0. The third-order valence-electron chi connectivity index (χ3n) is 5.19. The molecule has 0 spiro atoms. The van der Waals surface area contributed by atoms with Gasteiger partial charge in [0.15, 0.2) is 0 Å². The van der Waals surface area contributed by atoms with Crippen molar-refractivity contribution in [2.75, 3.05) is 5.32 Å². The van der Waals surface area contributed by atoms with Crippen molar-refractivity contribution in [1.82, 2.24) is 4.57 Å². The van der Waals surface area contributed by atoms with Crippen LogP contribution >= 0.6 is 11.6 Å². The predicted molar refractivity (Wildman–Crippen MR) is 123 cm³/mol. The Hall–Kier alpha value is -3.57. The number of carboxylic acids is 1. The third kappa shape index (κ3) is 4.62. The SMILES string of the molecule is O=C(O)c1cc(Cl)ccc1NC(=O)c1cc2ccccc2n1CCCc1ccccc1. The summed E-state index contributed by atoms with van der Waals surface area (Å²) in [6.07, 6.45) is 1.76. The molecule has 2 N–H and O–H groups in total. The lowest BCUT2D eigenvalue weighted by molar-refractivity contribution is 0.0698. The number of carboxylic acid groups (broad SMARTS) is 1. The van der Waals surface area contributed by atoms with Crippen LogP contribution in [0.2, 0.25) is 5.02 Å². The minimum Gasteiger partial charge on any atom is -0.478 e. The second kappa shape index (κ2) is 9.06. The largest absolute Gasteiger partial charge is 0.478 e. The second-order valence-corrected chi connectivity index (χ2v) is 7.71. The van der Waals surface area contributed by atoms with Crippen molar-refractivity contribution < 1.29 is 14.7 Å². The van der Waals surface area contributed by atoms with Crippen molar-refractivity contribution in [3.05, 3.63) is 101 Å². The highest BCUT2D eigenvalue weighted by Gasteiger charge is 2.18. The normalized spacial score (nSPS) is 10.9. The lowest BCUT2D eigenvalue weighted by Gasteiger charge is -2.13. The Kier molecular flexibility index (Phi) is 6.05. The van der Waals surface area contributed by atoms with Gasteiger partial charge in [0.1, 0.15) is 5.69 Å². The van der Waals surface area contributed by atoms with E-state index in [0.717, 1.165) is 23.7 Å². The third-order valence-corrected chi connectivity index (χ3v) is 5.43. The summed E-state index contributed by atoms with van der Waals surface area (Å²) in [5.74, 6) is -1.51. The smallest absolute Gasteiger partial charge is 0.337 e. The van der Waals surface area contributed by atoms with E-state index < -0.39 is 5.97 Å².